The Bertz CT molecular complexity index is 866. The Labute approximate surface area is 139 Å². The Morgan fingerprint density at radius 3 is 2.52 bits per heavy atom. The number of pyridine rings is 2. The highest BCUT2D eigenvalue weighted by Crippen LogP contribution is 2.37. The molecule has 7 nitrogen and oxygen atoms in total. The van der Waals surface area contributed by atoms with Crippen LogP contribution >= 0.6 is 0 Å². The lowest BCUT2D eigenvalue weighted by atomic mass is 10.3. The molecule has 3 aromatic heterocycles. The van der Waals surface area contributed by atoms with Gasteiger partial charge in [0.05, 0.1) is 6.20 Å². The first-order chi connectivity index (χ1) is 11.9. The van der Waals surface area contributed by atoms with Gasteiger partial charge >= 0.3 is 12.3 Å². The summed E-state index contributed by atoms with van der Waals surface area (Å²) in [4.78, 5) is 19.4. The maximum atomic E-state index is 13.4. The van der Waals surface area contributed by atoms with Crippen molar-refractivity contribution in [3.63, 3.8) is 0 Å². The minimum absolute atomic E-state index is 0.0563. The molecule has 3 heterocycles. The number of nitrogens with one attached hydrogen (secondary N) is 1. The minimum Gasteiger partial charge on any atom is -0.406 e. The van der Waals surface area contributed by atoms with Gasteiger partial charge in [0.2, 0.25) is 0 Å². The van der Waals surface area contributed by atoms with Crippen molar-refractivity contribution < 1.29 is 22.7 Å². The molecule has 0 spiro atoms. The first kappa shape index (κ1) is 16.4. The van der Waals surface area contributed by atoms with E-state index >= 15 is 0 Å². The zero-order valence-corrected chi connectivity index (χ0v) is 12.4. The van der Waals surface area contributed by atoms with Crippen LogP contribution in [0.3, 0.4) is 0 Å². The topological polar surface area (TPSA) is 81.9 Å². The van der Waals surface area contributed by atoms with Gasteiger partial charge in [-0.1, -0.05) is 6.07 Å². The zero-order valence-electron chi connectivity index (χ0n) is 12.4. The van der Waals surface area contributed by atoms with E-state index in [1.54, 1.807) is 6.07 Å². The van der Waals surface area contributed by atoms with Gasteiger partial charge in [0, 0.05) is 24.3 Å². The summed E-state index contributed by atoms with van der Waals surface area (Å²) in [5, 5.41) is 5.93. The Kier molecular flexibility index (Phi) is 4.33. The number of nitrogens with zero attached hydrogens (tertiary/aromatic N) is 4. The predicted octanol–water partition coefficient (Wildman–Crippen LogP) is 3.29. The molecular formula is C15H10F3N5O2. The Morgan fingerprint density at radius 1 is 1.12 bits per heavy atom. The van der Waals surface area contributed by atoms with Crippen molar-refractivity contribution in [3.8, 4) is 11.6 Å². The Hall–Kier alpha value is -3.43. The van der Waals surface area contributed by atoms with Gasteiger partial charge in [-0.2, -0.15) is 18.3 Å². The number of alkyl halides is 3. The van der Waals surface area contributed by atoms with E-state index in [0.717, 1.165) is 6.20 Å². The maximum Gasteiger partial charge on any atom is 0.437 e. The van der Waals surface area contributed by atoms with Crippen molar-refractivity contribution in [2.75, 3.05) is 5.32 Å². The molecule has 0 saturated carbocycles. The highest BCUT2D eigenvalue weighted by atomic mass is 19.4. The largest absolute Gasteiger partial charge is 0.437 e. The van der Waals surface area contributed by atoms with E-state index in [1.165, 1.54) is 42.9 Å². The maximum absolute atomic E-state index is 13.4. The normalized spacial score (nSPS) is 11.2. The van der Waals surface area contributed by atoms with Gasteiger partial charge in [-0.25, -0.2) is 14.5 Å². The second kappa shape index (κ2) is 6.59. The fourth-order valence-electron chi connectivity index (χ4n) is 2.00. The third kappa shape index (κ3) is 3.74. The van der Waals surface area contributed by atoms with Crippen LogP contribution in [0.2, 0.25) is 0 Å². The van der Waals surface area contributed by atoms with Crippen LogP contribution in [0.25, 0.3) is 5.82 Å². The zero-order chi connectivity index (χ0) is 17.9. The highest BCUT2D eigenvalue weighted by Gasteiger charge is 2.40. The van der Waals surface area contributed by atoms with Crippen LogP contribution in [0.4, 0.5) is 23.7 Å². The average molecular weight is 349 g/mol. The van der Waals surface area contributed by atoms with Crippen molar-refractivity contribution in [2.24, 2.45) is 0 Å². The molecule has 3 rings (SSSR count). The fourth-order valence-corrected chi connectivity index (χ4v) is 2.00. The summed E-state index contributed by atoms with van der Waals surface area (Å²) in [6, 6.07) is 7.34. The lowest BCUT2D eigenvalue weighted by molar-refractivity contribution is -0.143. The van der Waals surface area contributed by atoms with Crippen LogP contribution in [-0.2, 0) is 6.18 Å². The molecule has 10 heteroatoms. The number of hydrogen-bond acceptors (Lipinski definition) is 5. The van der Waals surface area contributed by atoms with Crippen LogP contribution in [0, 0.1) is 0 Å². The number of carbonyl (C=O) groups excluding carboxylic acids is 1. The molecular weight excluding hydrogens is 339 g/mol. The van der Waals surface area contributed by atoms with Crippen LogP contribution in [0.5, 0.6) is 5.75 Å². The van der Waals surface area contributed by atoms with Gasteiger partial charge < -0.3 is 4.74 Å². The molecule has 0 saturated heterocycles. The van der Waals surface area contributed by atoms with E-state index in [-0.39, 0.29) is 5.82 Å². The smallest absolute Gasteiger partial charge is 0.406 e. The van der Waals surface area contributed by atoms with Gasteiger partial charge in [0.1, 0.15) is 0 Å². The summed E-state index contributed by atoms with van der Waals surface area (Å²) >= 11 is 0. The number of halogens is 3. The van der Waals surface area contributed by atoms with E-state index in [1.807, 2.05) is 0 Å². The summed E-state index contributed by atoms with van der Waals surface area (Å²) in [5.74, 6) is -0.788. The van der Waals surface area contributed by atoms with Crippen molar-refractivity contribution >= 4 is 11.8 Å². The molecule has 0 aliphatic rings. The number of carbonyl (C=O) groups is 1. The molecule has 0 aliphatic carbocycles. The molecule has 25 heavy (non-hydrogen) atoms. The minimum atomic E-state index is -4.81. The van der Waals surface area contributed by atoms with Gasteiger partial charge in [-0.05, 0) is 24.3 Å². The van der Waals surface area contributed by atoms with Crippen LogP contribution in [0.15, 0.2) is 55.1 Å². The van der Waals surface area contributed by atoms with E-state index in [4.69, 9.17) is 4.74 Å². The van der Waals surface area contributed by atoms with Crippen LogP contribution in [-0.4, -0.2) is 25.8 Å². The van der Waals surface area contributed by atoms with E-state index in [2.05, 4.69) is 20.4 Å². The number of amides is 1. The van der Waals surface area contributed by atoms with Crippen molar-refractivity contribution in [1.82, 2.24) is 19.7 Å². The number of anilines is 1. The highest BCUT2D eigenvalue weighted by molar-refractivity contribution is 5.86. The van der Waals surface area contributed by atoms with Gasteiger partial charge in [-0.3, -0.25) is 10.3 Å². The quantitative estimate of drug-likeness (QED) is 0.785. The van der Waals surface area contributed by atoms with Crippen LogP contribution < -0.4 is 10.1 Å². The first-order valence-corrected chi connectivity index (χ1v) is 6.90. The predicted molar refractivity (Wildman–Crippen MR) is 80.2 cm³/mol. The molecule has 0 bridgehead atoms. The summed E-state index contributed by atoms with van der Waals surface area (Å²) in [5.41, 5.74) is -0.915. The monoisotopic (exact) mass is 349 g/mol. The second-order valence-corrected chi connectivity index (χ2v) is 4.71. The van der Waals surface area contributed by atoms with Crippen molar-refractivity contribution in [3.05, 3.63) is 60.8 Å². The molecule has 1 N–H and O–H groups in total. The van der Waals surface area contributed by atoms with Gasteiger partial charge in [0.25, 0.3) is 0 Å². The molecule has 0 atom stereocenters. The Balaban J connectivity index is 1.89. The average Bonchev–Trinajstić information content (AvgIpc) is 3.00. The fraction of sp³-hybridized carbons (Fsp3) is 0.0667. The summed E-state index contributed by atoms with van der Waals surface area (Å²) in [6.45, 7) is 0. The number of aromatic nitrogens is 4. The molecule has 0 unspecified atom stereocenters. The van der Waals surface area contributed by atoms with Crippen LogP contribution in [0.1, 0.15) is 5.69 Å². The lowest BCUT2D eigenvalue weighted by Gasteiger charge is -2.12. The van der Waals surface area contributed by atoms with Gasteiger partial charge in [-0.15, -0.1) is 0 Å². The van der Waals surface area contributed by atoms with E-state index in [9.17, 15) is 18.0 Å². The molecule has 0 fully saturated rings. The number of rotatable bonds is 3. The first-order valence-electron chi connectivity index (χ1n) is 6.90. The van der Waals surface area contributed by atoms with E-state index in [0.29, 0.717) is 10.4 Å². The summed E-state index contributed by atoms with van der Waals surface area (Å²) in [6.07, 6.45) is -0.930. The molecule has 0 aromatic carbocycles. The standard InChI is InChI=1S/C15H10F3N5O2/c16-15(17,18)13-11(9-21-23(13)12-3-1-2-6-20-12)25-14(24)22-10-4-7-19-8-5-10/h1-9H,(H,19,22,24). The summed E-state index contributed by atoms with van der Waals surface area (Å²) in [7, 11) is 0. The number of hydrogen-bond donors (Lipinski definition) is 1. The third-order valence-electron chi connectivity index (χ3n) is 3.00. The third-order valence-corrected chi connectivity index (χ3v) is 3.00. The Morgan fingerprint density at radius 2 is 1.88 bits per heavy atom. The molecule has 3 aromatic rings. The number of ether oxygens (including phenoxy) is 1. The lowest BCUT2D eigenvalue weighted by Crippen LogP contribution is -2.20. The van der Waals surface area contributed by atoms with Crippen molar-refractivity contribution in [2.45, 2.75) is 6.18 Å². The van der Waals surface area contributed by atoms with Crippen molar-refractivity contribution in [1.29, 1.82) is 0 Å². The van der Waals surface area contributed by atoms with Gasteiger partial charge in [0.15, 0.2) is 17.3 Å². The summed E-state index contributed by atoms with van der Waals surface area (Å²) < 4.78 is 45.5. The molecule has 128 valence electrons. The SMILES string of the molecule is O=C(Nc1ccncc1)Oc1cnn(-c2ccccn2)c1C(F)(F)F. The second-order valence-electron chi connectivity index (χ2n) is 4.71. The molecule has 1 amide bonds. The molecule has 0 aliphatic heterocycles. The van der Waals surface area contributed by atoms with E-state index < -0.39 is 23.7 Å². The molecule has 0 radical (unpaired) electrons.